The van der Waals surface area contributed by atoms with Gasteiger partial charge in [-0.1, -0.05) is 12.1 Å². The smallest absolute Gasteiger partial charge is 0.258 e. The first-order valence-corrected chi connectivity index (χ1v) is 10.9. The van der Waals surface area contributed by atoms with Crippen molar-refractivity contribution in [2.45, 2.75) is 33.0 Å². The van der Waals surface area contributed by atoms with Crippen molar-refractivity contribution in [1.82, 2.24) is 9.80 Å². The number of benzene rings is 2. The van der Waals surface area contributed by atoms with E-state index in [0.29, 0.717) is 22.8 Å². The lowest BCUT2D eigenvalue weighted by Gasteiger charge is -2.30. The standard InChI is InChI=1S/C26H29FN2O5/c1-18(2)29(26(31)23-12-11-21(32-3)14-24(23)33-4)17-25(30)28(16-22-6-5-13-34-22)15-19-7-9-20(27)10-8-19/h5-14,18H,15-17H2,1-4H3. The Hall–Kier alpha value is -3.81. The van der Waals surface area contributed by atoms with E-state index < -0.39 is 0 Å². The normalized spacial score (nSPS) is 10.8. The van der Waals surface area contributed by atoms with Crippen LogP contribution in [0.5, 0.6) is 11.5 Å². The van der Waals surface area contributed by atoms with Crippen molar-refractivity contribution in [3.8, 4) is 11.5 Å². The Bertz CT molecular complexity index is 1100. The minimum atomic E-state index is -0.349. The summed E-state index contributed by atoms with van der Waals surface area (Å²) in [7, 11) is 3.01. The Labute approximate surface area is 198 Å². The van der Waals surface area contributed by atoms with Gasteiger partial charge in [-0.15, -0.1) is 0 Å². The molecule has 0 fully saturated rings. The summed E-state index contributed by atoms with van der Waals surface area (Å²) in [5, 5.41) is 0. The average molecular weight is 469 g/mol. The molecular formula is C26H29FN2O5. The number of hydrogen-bond acceptors (Lipinski definition) is 5. The van der Waals surface area contributed by atoms with Gasteiger partial charge in [0.1, 0.15) is 29.6 Å². The number of carbonyl (C=O) groups is 2. The van der Waals surface area contributed by atoms with Crippen LogP contribution >= 0.6 is 0 Å². The molecule has 1 heterocycles. The first kappa shape index (κ1) is 24.8. The van der Waals surface area contributed by atoms with Gasteiger partial charge in [0.15, 0.2) is 0 Å². The molecule has 3 aromatic rings. The van der Waals surface area contributed by atoms with Crippen LogP contribution in [-0.2, 0) is 17.9 Å². The van der Waals surface area contributed by atoms with E-state index in [1.54, 1.807) is 47.4 Å². The van der Waals surface area contributed by atoms with Crippen molar-refractivity contribution in [2.24, 2.45) is 0 Å². The maximum Gasteiger partial charge on any atom is 0.258 e. The molecule has 2 aromatic carbocycles. The number of halogens is 1. The van der Waals surface area contributed by atoms with Crippen LogP contribution in [0.2, 0.25) is 0 Å². The Morgan fingerprint density at radius 3 is 2.32 bits per heavy atom. The summed E-state index contributed by atoms with van der Waals surface area (Å²) < 4.78 is 29.4. The molecule has 0 aliphatic rings. The van der Waals surface area contributed by atoms with Crippen molar-refractivity contribution in [3.63, 3.8) is 0 Å². The topological polar surface area (TPSA) is 72.2 Å². The second kappa shape index (κ2) is 11.4. The van der Waals surface area contributed by atoms with Gasteiger partial charge in [-0.3, -0.25) is 9.59 Å². The molecular weight excluding hydrogens is 439 g/mol. The summed E-state index contributed by atoms with van der Waals surface area (Å²) in [6.45, 7) is 4.00. The van der Waals surface area contributed by atoms with Crippen LogP contribution in [0.15, 0.2) is 65.3 Å². The number of methoxy groups -OCH3 is 2. The van der Waals surface area contributed by atoms with Crippen LogP contribution in [0.4, 0.5) is 4.39 Å². The molecule has 0 unspecified atom stereocenters. The Morgan fingerprint density at radius 2 is 1.74 bits per heavy atom. The second-order valence-electron chi connectivity index (χ2n) is 8.05. The van der Waals surface area contributed by atoms with Crippen LogP contribution < -0.4 is 9.47 Å². The molecule has 0 saturated carbocycles. The van der Waals surface area contributed by atoms with E-state index in [0.717, 1.165) is 5.56 Å². The van der Waals surface area contributed by atoms with Gasteiger partial charge < -0.3 is 23.7 Å². The van der Waals surface area contributed by atoms with Gasteiger partial charge in [0.2, 0.25) is 5.91 Å². The van der Waals surface area contributed by atoms with E-state index in [1.807, 2.05) is 13.8 Å². The lowest BCUT2D eigenvalue weighted by atomic mass is 10.1. The third-order valence-electron chi connectivity index (χ3n) is 5.40. The quantitative estimate of drug-likeness (QED) is 0.438. The number of carbonyl (C=O) groups excluding carboxylic acids is 2. The van der Waals surface area contributed by atoms with Crippen LogP contribution in [0.1, 0.15) is 35.5 Å². The second-order valence-corrected chi connectivity index (χ2v) is 8.05. The highest BCUT2D eigenvalue weighted by atomic mass is 19.1. The maximum absolute atomic E-state index is 13.4. The lowest BCUT2D eigenvalue weighted by molar-refractivity contribution is -0.133. The SMILES string of the molecule is COc1ccc(C(=O)N(CC(=O)N(Cc2ccc(F)cc2)Cc2ccco2)C(C)C)c(OC)c1. The van der Waals surface area contributed by atoms with Gasteiger partial charge in [0.25, 0.3) is 5.91 Å². The molecule has 0 saturated heterocycles. The number of ether oxygens (including phenoxy) is 2. The maximum atomic E-state index is 13.4. The summed E-state index contributed by atoms with van der Waals surface area (Å²) in [4.78, 5) is 29.9. The minimum absolute atomic E-state index is 0.145. The zero-order chi connectivity index (χ0) is 24.7. The molecule has 0 radical (unpaired) electrons. The lowest BCUT2D eigenvalue weighted by Crippen LogP contribution is -2.45. The molecule has 0 aliphatic heterocycles. The molecule has 2 amide bonds. The number of amides is 2. The van der Waals surface area contributed by atoms with E-state index in [9.17, 15) is 14.0 Å². The van der Waals surface area contributed by atoms with Gasteiger partial charge in [-0.25, -0.2) is 4.39 Å². The molecule has 7 nitrogen and oxygen atoms in total. The molecule has 0 atom stereocenters. The molecule has 0 aliphatic carbocycles. The third kappa shape index (κ3) is 6.15. The summed E-state index contributed by atoms with van der Waals surface area (Å²) in [5.41, 5.74) is 1.10. The minimum Gasteiger partial charge on any atom is -0.497 e. The Kier molecular flexibility index (Phi) is 8.29. The Morgan fingerprint density at radius 1 is 1.00 bits per heavy atom. The summed E-state index contributed by atoms with van der Waals surface area (Å²) in [5.74, 6) is 0.580. The van der Waals surface area contributed by atoms with Gasteiger partial charge in [-0.05, 0) is 55.8 Å². The summed E-state index contributed by atoms with van der Waals surface area (Å²) >= 11 is 0. The highest BCUT2D eigenvalue weighted by molar-refractivity contribution is 5.99. The zero-order valence-corrected chi connectivity index (χ0v) is 19.8. The predicted molar refractivity (Wildman–Crippen MR) is 125 cm³/mol. The zero-order valence-electron chi connectivity index (χ0n) is 19.8. The molecule has 0 bridgehead atoms. The third-order valence-corrected chi connectivity index (χ3v) is 5.40. The largest absolute Gasteiger partial charge is 0.497 e. The van der Waals surface area contributed by atoms with Gasteiger partial charge >= 0.3 is 0 Å². The average Bonchev–Trinajstić information content (AvgIpc) is 3.35. The fourth-order valence-corrected chi connectivity index (χ4v) is 3.50. The van der Waals surface area contributed by atoms with Crippen LogP contribution in [0.3, 0.4) is 0 Å². The van der Waals surface area contributed by atoms with Crippen LogP contribution in [-0.4, -0.2) is 48.4 Å². The van der Waals surface area contributed by atoms with Gasteiger partial charge in [-0.2, -0.15) is 0 Å². The molecule has 180 valence electrons. The van der Waals surface area contributed by atoms with Crippen molar-refractivity contribution < 1.29 is 27.9 Å². The number of nitrogens with zero attached hydrogens (tertiary/aromatic N) is 2. The van der Waals surface area contributed by atoms with E-state index in [2.05, 4.69) is 0 Å². The fraction of sp³-hybridized carbons (Fsp3) is 0.308. The van der Waals surface area contributed by atoms with Gasteiger partial charge in [0.05, 0.1) is 32.6 Å². The van der Waals surface area contributed by atoms with E-state index in [1.165, 1.54) is 37.5 Å². The monoisotopic (exact) mass is 468 g/mol. The number of rotatable bonds is 10. The first-order chi connectivity index (χ1) is 16.3. The van der Waals surface area contributed by atoms with E-state index in [4.69, 9.17) is 13.9 Å². The molecule has 8 heteroatoms. The predicted octanol–water partition coefficient (Wildman–Crippen LogP) is 4.52. The van der Waals surface area contributed by atoms with Gasteiger partial charge in [0, 0.05) is 18.7 Å². The summed E-state index contributed by atoms with van der Waals surface area (Å²) in [6, 6.07) is 14.2. The van der Waals surface area contributed by atoms with E-state index in [-0.39, 0.29) is 43.3 Å². The van der Waals surface area contributed by atoms with Crippen molar-refractivity contribution in [3.05, 3.63) is 83.6 Å². The number of furan rings is 1. The molecule has 0 spiro atoms. The Balaban J connectivity index is 1.84. The molecule has 3 rings (SSSR count). The van der Waals surface area contributed by atoms with Crippen molar-refractivity contribution >= 4 is 11.8 Å². The van der Waals surface area contributed by atoms with E-state index >= 15 is 0 Å². The molecule has 1 aromatic heterocycles. The molecule has 34 heavy (non-hydrogen) atoms. The van der Waals surface area contributed by atoms with Crippen molar-refractivity contribution in [2.75, 3.05) is 20.8 Å². The highest BCUT2D eigenvalue weighted by Gasteiger charge is 2.27. The fourth-order valence-electron chi connectivity index (χ4n) is 3.50. The number of hydrogen-bond donors (Lipinski definition) is 0. The molecule has 0 N–H and O–H groups in total. The van der Waals surface area contributed by atoms with Crippen LogP contribution in [0, 0.1) is 5.82 Å². The van der Waals surface area contributed by atoms with Crippen LogP contribution in [0.25, 0.3) is 0 Å². The first-order valence-electron chi connectivity index (χ1n) is 10.9. The summed E-state index contributed by atoms with van der Waals surface area (Å²) in [6.07, 6.45) is 1.54. The van der Waals surface area contributed by atoms with Crippen molar-refractivity contribution in [1.29, 1.82) is 0 Å². The highest BCUT2D eigenvalue weighted by Crippen LogP contribution is 2.26.